The molecular formula is C12H16INO. The van der Waals surface area contributed by atoms with Crippen molar-refractivity contribution in [3.8, 4) is 5.75 Å². The average Bonchev–Trinajstić information content (AvgIpc) is 2.90. The van der Waals surface area contributed by atoms with Crippen LogP contribution in [0.15, 0.2) is 12.4 Å². The molecule has 0 unspecified atom stereocenters. The maximum atomic E-state index is 5.97. The van der Waals surface area contributed by atoms with Gasteiger partial charge in [0.25, 0.3) is 0 Å². The zero-order chi connectivity index (χ0) is 11.1. The second-order valence-electron chi connectivity index (χ2n) is 5.07. The van der Waals surface area contributed by atoms with Crippen LogP contribution in [0.25, 0.3) is 0 Å². The Morgan fingerprint density at radius 3 is 2.53 bits per heavy atom. The van der Waals surface area contributed by atoms with E-state index in [1.54, 1.807) is 0 Å². The van der Waals surface area contributed by atoms with Crippen molar-refractivity contribution in [3.05, 3.63) is 21.5 Å². The molecule has 0 spiro atoms. The number of nitrogens with zero attached hydrogens (tertiary/aromatic N) is 1. The van der Waals surface area contributed by atoms with Crippen LogP contribution in [-0.4, -0.2) is 11.1 Å². The molecular weight excluding hydrogens is 301 g/mol. The molecule has 1 saturated carbocycles. The average molecular weight is 317 g/mol. The number of halogens is 1. The summed E-state index contributed by atoms with van der Waals surface area (Å²) in [6.45, 7) is 6.58. The summed E-state index contributed by atoms with van der Waals surface area (Å²) in [5.41, 5.74) is 1.31. The Bertz CT molecular complexity index is 366. The van der Waals surface area contributed by atoms with Gasteiger partial charge in [0.1, 0.15) is 5.75 Å². The predicted octanol–water partition coefficient (Wildman–Crippen LogP) is 3.52. The van der Waals surface area contributed by atoms with Crippen LogP contribution in [-0.2, 0) is 5.41 Å². The summed E-state index contributed by atoms with van der Waals surface area (Å²) in [5, 5.41) is 0. The first-order valence-electron chi connectivity index (χ1n) is 5.29. The highest BCUT2D eigenvalue weighted by Gasteiger charge is 2.28. The third-order valence-corrected chi connectivity index (χ3v) is 3.24. The molecule has 1 aliphatic carbocycles. The Labute approximate surface area is 105 Å². The molecule has 0 atom stereocenters. The molecule has 1 fully saturated rings. The van der Waals surface area contributed by atoms with Crippen LogP contribution in [0.5, 0.6) is 5.75 Å². The zero-order valence-electron chi connectivity index (χ0n) is 9.38. The van der Waals surface area contributed by atoms with Crippen molar-refractivity contribution in [2.24, 2.45) is 0 Å². The van der Waals surface area contributed by atoms with Gasteiger partial charge in [-0.1, -0.05) is 20.8 Å². The van der Waals surface area contributed by atoms with Crippen molar-refractivity contribution in [1.82, 2.24) is 4.98 Å². The van der Waals surface area contributed by atoms with Crippen LogP contribution in [0, 0.1) is 3.57 Å². The minimum Gasteiger partial charge on any atom is -0.489 e. The van der Waals surface area contributed by atoms with Gasteiger partial charge in [0.05, 0.1) is 9.67 Å². The van der Waals surface area contributed by atoms with E-state index in [9.17, 15) is 0 Å². The van der Waals surface area contributed by atoms with Crippen molar-refractivity contribution >= 4 is 22.6 Å². The lowest BCUT2D eigenvalue weighted by atomic mass is 9.88. The number of pyridine rings is 1. The van der Waals surface area contributed by atoms with Gasteiger partial charge in [-0.15, -0.1) is 0 Å². The topological polar surface area (TPSA) is 22.1 Å². The second-order valence-corrected chi connectivity index (χ2v) is 6.23. The fourth-order valence-corrected chi connectivity index (χ4v) is 2.01. The Hall–Kier alpha value is -0.320. The Balaban J connectivity index is 2.38. The molecule has 82 valence electrons. The molecule has 0 saturated heterocycles. The van der Waals surface area contributed by atoms with E-state index in [1.165, 1.54) is 18.4 Å². The first-order valence-corrected chi connectivity index (χ1v) is 6.37. The second kappa shape index (κ2) is 3.92. The molecule has 2 nitrogen and oxygen atoms in total. The molecule has 1 aliphatic rings. The summed E-state index contributed by atoms with van der Waals surface area (Å²) >= 11 is 2.30. The highest BCUT2D eigenvalue weighted by atomic mass is 127. The van der Waals surface area contributed by atoms with Crippen LogP contribution in [0.2, 0.25) is 0 Å². The molecule has 0 N–H and O–H groups in total. The van der Waals surface area contributed by atoms with Crippen molar-refractivity contribution in [1.29, 1.82) is 0 Å². The fourth-order valence-electron chi connectivity index (χ4n) is 1.43. The monoisotopic (exact) mass is 317 g/mol. The Morgan fingerprint density at radius 2 is 2.00 bits per heavy atom. The number of hydrogen-bond donors (Lipinski definition) is 0. The van der Waals surface area contributed by atoms with Gasteiger partial charge in [0.2, 0.25) is 0 Å². The minimum absolute atomic E-state index is 0.0956. The van der Waals surface area contributed by atoms with Crippen molar-refractivity contribution in [2.75, 3.05) is 0 Å². The largest absolute Gasteiger partial charge is 0.489 e. The van der Waals surface area contributed by atoms with Crippen molar-refractivity contribution in [2.45, 2.75) is 45.1 Å². The molecule has 3 heteroatoms. The van der Waals surface area contributed by atoms with E-state index in [4.69, 9.17) is 4.74 Å². The maximum Gasteiger partial charge on any atom is 0.139 e. The molecule has 2 rings (SSSR count). The standard InChI is InChI=1S/C12H16INO/c1-12(2,3)9-6-14-7-10(13)11(9)15-8-4-5-8/h6-8H,4-5H2,1-3H3. The van der Waals surface area contributed by atoms with E-state index in [-0.39, 0.29) is 5.41 Å². The maximum absolute atomic E-state index is 5.97. The normalized spacial score (nSPS) is 16.5. The zero-order valence-corrected chi connectivity index (χ0v) is 11.5. The van der Waals surface area contributed by atoms with Crippen molar-refractivity contribution < 1.29 is 4.74 Å². The minimum atomic E-state index is 0.0956. The highest BCUT2D eigenvalue weighted by molar-refractivity contribution is 14.1. The molecule has 1 aromatic rings. The number of hydrogen-bond acceptors (Lipinski definition) is 2. The van der Waals surface area contributed by atoms with Gasteiger partial charge in [-0.25, -0.2) is 0 Å². The summed E-state index contributed by atoms with van der Waals surface area (Å²) in [6, 6.07) is 0. The SMILES string of the molecule is CC(C)(C)c1cncc(I)c1OC1CC1. The molecule has 0 amide bonds. The van der Waals surface area contributed by atoms with E-state index in [1.807, 2.05) is 12.4 Å². The molecule has 0 bridgehead atoms. The summed E-state index contributed by atoms with van der Waals surface area (Å²) in [5.74, 6) is 1.04. The van der Waals surface area contributed by atoms with Gasteiger partial charge in [-0.05, 0) is 40.8 Å². The van der Waals surface area contributed by atoms with Gasteiger partial charge in [0, 0.05) is 18.0 Å². The molecule has 1 aromatic heterocycles. The number of ether oxygens (including phenoxy) is 1. The van der Waals surface area contributed by atoms with Crippen LogP contribution in [0.4, 0.5) is 0 Å². The molecule has 15 heavy (non-hydrogen) atoms. The fraction of sp³-hybridized carbons (Fsp3) is 0.583. The first kappa shape index (κ1) is 11.2. The van der Waals surface area contributed by atoms with Gasteiger partial charge in [0.15, 0.2) is 0 Å². The van der Waals surface area contributed by atoms with Crippen LogP contribution in [0.1, 0.15) is 39.2 Å². The van der Waals surface area contributed by atoms with E-state index >= 15 is 0 Å². The lowest BCUT2D eigenvalue weighted by Crippen LogP contribution is -2.15. The Kier molecular flexibility index (Phi) is 2.92. The Morgan fingerprint density at radius 1 is 1.33 bits per heavy atom. The molecule has 0 aromatic carbocycles. The third-order valence-electron chi connectivity index (χ3n) is 2.47. The molecule has 0 aliphatic heterocycles. The van der Waals surface area contributed by atoms with Gasteiger partial charge >= 0.3 is 0 Å². The predicted molar refractivity (Wildman–Crippen MR) is 69.3 cm³/mol. The molecule has 1 heterocycles. The van der Waals surface area contributed by atoms with E-state index in [0.717, 1.165) is 9.32 Å². The number of aromatic nitrogens is 1. The number of rotatable bonds is 2. The van der Waals surface area contributed by atoms with Crippen molar-refractivity contribution in [3.63, 3.8) is 0 Å². The third kappa shape index (κ3) is 2.62. The van der Waals surface area contributed by atoms with Gasteiger partial charge in [-0.2, -0.15) is 0 Å². The van der Waals surface area contributed by atoms with E-state index in [2.05, 4.69) is 48.3 Å². The summed E-state index contributed by atoms with van der Waals surface area (Å²) in [7, 11) is 0. The van der Waals surface area contributed by atoms with E-state index in [0.29, 0.717) is 6.10 Å². The van der Waals surface area contributed by atoms with E-state index < -0.39 is 0 Å². The van der Waals surface area contributed by atoms with Gasteiger partial charge < -0.3 is 4.74 Å². The summed E-state index contributed by atoms with van der Waals surface area (Å²) < 4.78 is 7.08. The first-order chi connectivity index (χ1) is 6.98. The highest BCUT2D eigenvalue weighted by Crippen LogP contribution is 2.37. The quantitative estimate of drug-likeness (QED) is 0.779. The van der Waals surface area contributed by atoms with Crippen LogP contribution >= 0.6 is 22.6 Å². The lowest BCUT2D eigenvalue weighted by Gasteiger charge is -2.23. The summed E-state index contributed by atoms with van der Waals surface area (Å²) in [6.07, 6.45) is 6.64. The van der Waals surface area contributed by atoms with Crippen LogP contribution in [0.3, 0.4) is 0 Å². The lowest BCUT2D eigenvalue weighted by molar-refractivity contribution is 0.292. The smallest absolute Gasteiger partial charge is 0.139 e. The summed E-state index contributed by atoms with van der Waals surface area (Å²) in [4.78, 5) is 4.25. The van der Waals surface area contributed by atoms with Crippen LogP contribution < -0.4 is 4.74 Å². The molecule has 0 radical (unpaired) electrons. The van der Waals surface area contributed by atoms with Gasteiger partial charge in [-0.3, -0.25) is 4.98 Å².